The molecule has 1 saturated carbocycles. The van der Waals surface area contributed by atoms with Gasteiger partial charge in [-0.3, -0.25) is 0 Å². The normalized spacial score (nSPS) is 18.3. The molecule has 100 valence electrons. The van der Waals surface area contributed by atoms with E-state index in [4.69, 9.17) is 0 Å². The fourth-order valence-electron chi connectivity index (χ4n) is 2.42. The zero-order chi connectivity index (χ0) is 13.0. The Morgan fingerprint density at radius 2 is 2.17 bits per heavy atom. The summed E-state index contributed by atoms with van der Waals surface area (Å²) in [5.74, 6) is 0. The predicted octanol–water partition coefficient (Wildman–Crippen LogP) is 3.78. The Kier molecular flexibility index (Phi) is 4.64. The molecule has 1 unspecified atom stereocenters. The molecule has 1 aromatic heterocycles. The second kappa shape index (κ2) is 6.23. The van der Waals surface area contributed by atoms with Gasteiger partial charge in [0.05, 0.1) is 6.04 Å². The van der Waals surface area contributed by atoms with E-state index in [1.165, 1.54) is 24.1 Å². The van der Waals surface area contributed by atoms with Crippen molar-refractivity contribution in [1.82, 2.24) is 10.2 Å². The van der Waals surface area contributed by atoms with Gasteiger partial charge in [0.25, 0.3) is 0 Å². The van der Waals surface area contributed by atoms with Crippen LogP contribution in [0, 0.1) is 0 Å². The van der Waals surface area contributed by atoms with Gasteiger partial charge in [0.15, 0.2) is 0 Å². The van der Waals surface area contributed by atoms with E-state index < -0.39 is 0 Å². The molecule has 1 atom stereocenters. The van der Waals surface area contributed by atoms with Crippen molar-refractivity contribution < 1.29 is 4.79 Å². The summed E-state index contributed by atoms with van der Waals surface area (Å²) in [4.78, 5) is 15.2. The molecular weight excluding hydrogens is 244 g/mol. The van der Waals surface area contributed by atoms with Crippen LogP contribution in [0.5, 0.6) is 0 Å². The Morgan fingerprint density at radius 1 is 1.44 bits per heavy atom. The Balaban J connectivity index is 1.87. The quantitative estimate of drug-likeness (QED) is 0.887. The van der Waals surface area contributed by atoms with Crippen LogP contribution in [-0.2, 0) is 0 Å². The minimum atomic E-state index is 0.0581. The van der Waals surface area contributed by atoms with Crippen LogP contribution in [-0.4, -0.2) is 24.0 Å². The fraction of sp³-hybridized carbons (Fsp3) is 0.643. The maximum atomic E-state index is 12.2. The summed E-state index contributed by atoms with van der Waals surface area (Å²) in [5, 5.41) is 5.21. The molecule has 1 aliphatic rings. The van der Waals surface area contributed by atoms with Gasteiger partial charge < -0.3 is 10.2 Å². The number of nitrogens with zero attached hydrogens (tertiary/aromatic N) is 1. The number of thiophene rings is 1. The van der Waals surface area contributed by atoms with Crippen molar-refractivity contribution in [2.24, 2.45) is 0 Å². The first-order valence-electron chi connectivity index (χ1n) is 6.75. The number of rotatable bonds is 3. The lowest BCUT2D eigenvalue weighted by Crippen LogP contribution is -2.44. The van der Waals surface area contributed by atoms with E-state index in [0.29, 0.717) is 6.04 Å². The van der Waals surface area contributed by atoms with E-state index in [2.05, 4.69) is 23.7 Å². The standard InChI is InChI=1S/C14H22N2OS/c1-11(13-9-6-10-18-13)16(2)14(17)15-12-7-4-3-5-8-12/h6,9-12H,3-5,7-8H2,1-2H3,(H,15,17). The summed E-state index contributed by atoms with van der Waals surface area (Å²) in [5.41, 5.74) is 0. The highest BCUT2D eigenvalue weighted by Gasteiger charge is 2.21. The first-order valence-corrected chi connectivity index (χ1v) is 7.63. The molecule has 1 aliphatic carbocycles. The molecule has 0 radical (unpaired) electrons. The number of nitrogens with one attached hydrogen (secondary N) is 1. The van der Waals surface area contributed by atoms with Crippen molar-refractivity contribution >= 4 is 17.4 Å². The van der Waals surface area contributed by atoms with E-state index >= 15 is 0 Å². The van der Waals surface area contributed by atoms with Crippen molar-refractivity contribution in [3.63, 3.8) is 0 Å². The molecule has 1 fully saturated rings. The number of carbonyl (C=O) groups is 1. The van der Waals surface area contributed by atoms with Crippen molar-refractivity contribution in [2.75, 3.05) is 7.05 Å². The summed E-state index contributed by atoms with van der Waals surface area (Å²) in [6, 6.07) is 4.70. The van der Waals surface area contributed by atoms with E-state index in [9.17, 15) is 4.79 Å². The van der Waals surface area contributed by atoms with Crippen LogP contribution >= 0.6 is 11.3 Å². The van der Waals surface area contributed by atoms with Gasteiger partial charge in [-0.05, 0) is 31.2 Å². The summed E-state index contributed by atoms with van der Waals surface area (Å²) in [6.07, 6.45) is 6.07. The number of urea groups is 1. The first-order chi connectivity index (χ1) is 8.68. The SMILES string of the molecule is CC(c1cccs1)N(C)C(=O)NC1CCCCC1. The Morgan fingerprint density at radius 3 is 2.78 bits per heavy atom. The average Bonchev–Trinajstić information content (AvgIpc) is 2.92. The molecule has 2 rings (SSSR count). The fourth-order valence-corrected chi connectivity index (χ4v) is 3.25. The lowest BCUT2D eigenvalue weighted by atomic mass is 9.96. The van der Waals surface area contributed by atoms with Gasteiger partial charge in [-0.1, -0.05) is 25.3 Å². The molecule has 0 bridgehead atoms. The van der Waals surface area contributed by atoms with Crippen LogP contribution in [0.2, 0.25) is 0 Å². The maximum Gasteiger partial charge on any atom is 0.317 e. The van der Waals surface area contributed by atoms with Crippen molar-refractivity contribution in [2.45, 2.75) is 51.1 Å². The van der Waals surface area contributed by atoms with Crippen molar-refractivity contribution in [1.29, 1.82) is 0 Å². The van der Waals surface area contributed by atoms with Gasteiger partial charge in [-0.15, -0.1) is 11.3 Å². The summed E-state index contributed by atoms with van der Waals surface area (Å²) < 4.78 is 0. The first kappa shape index (κ1) is 13.4. The highest BCUT2D eigenvalue weighted by Crippen LogP contribution is 2.24. The molecule has 0 spiro atoms. The number of hydrogen-bond donors (Lipinski definition) is 1. The molecule has 1 heterocycles. The minimum absolute atomic E-state index is 0.0581. The highest BCUT2D eigenvalue weighted by molar-refractivity contribution is 7.10. The average molecular weight is 266 g/mol. The van der Waals surface area contributed by atoms with Crippen LogP contribution < -0.4 is 5.32 Å². The molecule has 4 heteroatoms. The van der Waals surface area contributed by atoms with Crippen LogP contribution in [0.25, 0.3) is 0 Å². The predicted molar refractivity (Wildman–Crippen MR) is 75.9 cm³/mol. The molecule has 1 N–H and O–H groups in total. The van der Waals surface area contributed by atoms with Gasteiger partial charge in [-0.25, -0.2) is 4.79 Å². The summed E-state index contributed by atoms with van der Waals surface area (Å²) in [6.45, 7) is 2.08. The third-order valence-electron chi connectivity index (χ3n) is 3.79. The molecule has 0 saturated heterocycles. The van der Waals surface area contributed by atoms with Gasteiger partial charge in [-0.2, -0.15) is 0 Å². The largest absolute Gasteiger partial charge is 0.335 e. The Labute approximate surface area is 113 Å². The lowest BCUT2D eigenvalue weighted by molar-refractivity contribution is 0.187. The van der Waals surface area contributed by atoms with Gasteiger partial charge >= 0.3 is 6.03 Å². The number of carbonyl (C=O) groups excluding carboxylic acids is 1. The number of amides is 2. The topological polar surface area (TPSA) is 32.3 Å². The molecule has 0 aromatic carbocycles. The van der Waals surface area contributed by atoms with Crippen LogP contribution in [0.15, 0.2) is 17.5 Å². The zero-order valence-corrected chi connectivity index (χ0v) is 12.0. The van der Waals surface area contributed by atoms with E-state index in [1.54, 1.807) is 16.2 Å². The second-order valence-electron chi connectivity index (χ2n) is 5.09. The van der Waals surface area contributed by atoms with Gasteiger partial charge in [0, 0.05) is 18.0 Å². The van der Waals surface area contributed by atoms with Crippen LogP contribution in [0.4, 0.5) is 4.79 Å². The molecule has 3 nitrogen and oxygen atoms in total. The highest BCUT2D eigenvalue weighted by atomic mass is 32.1. The van der Waals surface area contributed by atoms with Crippen LogP contribution in [0.1, 0.15) is 49.9 Å². The monoisotopic (exact) mass is 266 g/mol. The maximum absolute atomic E-state index is 12.2. The minimum Gasteiger partial charge on any atom is -0.335 e. The Bertz CT molecular complexity index is 371. The van der Waals surface area contributed by atoms with E-state index in [-0.39, 0.29) is 12.1 Å². The summed E-state index contributed by atoms with van der Waals surface area (Å²) in [7, 11) is 1.88. The Hall–Kier alpha value is -1.03. The second-order valence-corrected chi connectivity index (χ2v) is 6.07. The summed E-state index contributed by atoms with van der Waals surface area (Å²) >= 11 is 1.70. The molecule has 1 aromatic rings. The third kappa shape index (κ3) is 3.25. The smallest absolute Gasteiger partial charge is 0.317 e. The van der Waals surface area contributed by atoms with E-state index in [1.807, 2.05) is 13.1 Å². The van der Waals surface area contributed by atoms with Gasteiger partial charge in [0.1, 0.15) is 0 Å². The lowest BCUT2D eigenvalue weighted by Gasteiger charge is -2.29. The molecule has 0 aliphatic heterocycles. The van der Waals surface area contributed by atoms with E-state index in [0.717, 1.165) is 12.8 Å². The van der Waals surface area contributed by atoms with Crippen molar-refractivity contribution in [3.8, 4) is 0 Å². The number of hydrogen-bond acceptors (Lipinski definition) is 2. The van der Waals surface area contributed by atoms with Gasteiger partial charge in [0.2, 0.25) is 0 Å². The van der Waals surface area contributed by atoms with Crippen molar-refractivity contribution in [3.05, 3.63) is 22.4 Å². The molecule has 2 amide bonds. The zero-order valence-electron chi connectivity index (χ0n) is 11.2. The third-order valence-corrected chi connectivity index (χ3v) is 4.83. The molecule has 18 heavy (non-hydrogen) atoms. The van der Waals surface area contributed by atoms with Crippen LogP contribution in [0.3, 0.4) is 0 Å². The molecular formula is C14H22N2OS.